The molecule has 9 rings (SSSR count). The van der Waals surface area contributed by atoms with Gasteiger partial charge in [0.1, 0.15) is 11.5 Å². The second-order valence-corrected chi connectivity index (χ2v) is 17.8. The number of aromatic nitrogens is 1. The Morgan fingerprint density at radius 2 is 1.21 bits per heavy atom. The first-order chi connectivity index (χ1) is 31.2. The number of hydrogen-bond acceptors (Lipinski definition) is 5. The van der Waals surface area contributed by atoms with Crippen molar-refractivity contribution < 1.29 is 52.0 Å². The second kappa shape index (κ2) is 19.4. The zero-order chi connectivity index (χ0) is 46.2. The molecule has 0 aliphatic heterocycles. The first-order valence-corrected chi connectivity index (χ1v) is 22.5. The van der Waals surface area contributed by atoms with Crippen LogP contribution in [0.5, 0.6) is 0 Å². The van der Waals surface area contributed by atoms with Crippen LogP contribution in [0.25, 0.3) is 89.2 Å². The van der Waals surface area contributed by atoms with Crippen molar-refractivity contribution in [3.05, 3.63) is 150 Å². The smallest absolute Gasteiger partial charge is 0.418 e. The summed E-state index contributed by atoms with van der Waals surface area (Å²) in [4.78, 5) is 16.0. The van der Waals surface area contributed by atoms with E-state index in [1.807, 2.05) is 107 Å². The maximum Gasteiger partial charge on any atom is 0.418 e. The van der Waals surface area contributed by atoms with Gasteiger partial charge in [-0.15, -0.1) is 29.1 Å². The fourth-order valence-corrected chi connectivity index (χ4v) is 9.06. The van der Waals surface area contributed by atoms with Crippen molar-refractivity contribution in [2.75, 3.05) is 0 Å². The SMILES string of the molecule is CC(C)(C)c1cc(-c2cc(-c3cc4oc5c(c4o3)-c3ccccc3-c3ccccc3-c3ccccc3-5)c(C(F)(F)F)cn2)[c-]c2ccccc12.CCC(CC)C(=O)/C=C(\O)C(CC)CC.[Ir]. The van der Waals surface area contributed by atoms with Gasteiger partial charge in [-0.1, -0.05) is 156 Å². The van der Waals surface area contributed by atoms with Gasteiger partial charge in [0.05, 0.1) is 16.9 Å². The van der Waals surface area contributed by atoms with E-state index in [0.29, 0.717) is 33.7 Å². The van der Waals surface area contributed by atoms with Crippen LogP contribution in [0, 0.1) is 17.9 Å². The van der Waals surface area contributed by atoms with E-state index >= 15 is 0 Å². The number of nitrogens with zero attached hydrogens (tertiary/aromatic N) is 1. The van der Waals surface area contributed by atoms with E-state index in [-0.39, 0.29) is 60.2 Å². The molecule has 341 valence electrons. The molecule has 3 aromatic heterocycles. The van der Waals surface area contributed by atoms with Crippen LogP contribution in [0.3, 0.4) is 0 Å². The number of ketones is 1. The number of aliphatic hydroxyl groups excluding tert-OH is 1. The van der Waals surface area contributed by atoms with Gasteiger partial charge in [0.15, 0.2) is 16.9 Å². The van der Waals surface area contributed by atoms with E-state index in [1.54, 1.807) is 6.07 Å². The van der Waals surface area contributed by atoms with E-state index in [2.05, 4.69) is 56.1 Å². The average molecular weight is 1070 g/mol. The summed E-state index contributed by atoms with van der Waals surface area (Å²) in [5, 5.41) is 11.7. The number of carbonyl (C=O) groups excluding carboxylic acids is 1. The van der Waals surface area contributed by atoms with Crippen molar-refractivity contribution in [1.82, 2.24) is 4.98 Å². The minimum atomic E-state index is -4.68. The molecule has 8 aromatic rings. The van der Waals surface area contributed by atoms with Gasteiger partial charge < -0.3 is 13.9 Å². The Hall–Kier alpha value is -6.02. The molecular formula is C57H53F3IrNO4-. The first kappa shape index (κ1) is 47.9. The number of halogens is 3. The first-order valence-electron chi connectivity index (χ1n) is 22.5. The second-order valence-electron chi connectivity index (χ2n) is 17.8. The van der Waals surface area contributed by atoms with Crippen LogP contribution in [-0.2, 0) is 36.5 Å². The van der Waals surface area contributed by atoms with Gasteiger partial charge in [0, 0.05) is 67.1 Å². The Morgan fingerprint density at radius 1 is 0.682 bits per heavy atom. The molecule has 0 unspecified atom stereocenters. The molecule has 0 saturated carbocycles. The minimum Gasteiger partial charge on any atom is -0.512 e. The van der Waals surface area contributed by atoms with Crippen LogP contribution in [0.4, 0.5) is 13.2 Å². The summed E-state index contributed by atoms with van der Waals surface area (Å²) < 4.78 is 57.0. The van der Waals surface area contributed by atoms with Gasteiger partial charge in [0.2, 0.25) is 0 Å². The third-order valence-corrected chi connectivity index (χ3v) is 12.7. The zero-order valence-electron chi connectivity index (χ0n) is 38.2. The number of fused-ring (bicyclic) bond motifs is 11. The van der Waals surface area contributed by atoms with Crippen LogP contribution >= 0.6 is 0 Å². The molecule has 1 aliphatic rings. The van der Waals surface area contributed by atoms with Crippen molar-refractivity contribution >= 4 is 27.7 Å². The summed E-state index contributed by atoms with van der Waals surface area (Å²) in [5.41, 5.74) is 8.06. The van der Waals surface area contributed by atoms with E-state index in [1.165, 1.54) is 12.1 Å². The largest absolute Gasteiger partial charge is 0.512 e. The van der Waals surface area contributed by atoms with Crippen LogP contribution in [0.1, 0.15) is 85.3 Å². The predicted molar refractivity (Wildman–Crippen MR) is 256 cm³/mol. The van der Waals surface area contributed by atoms with Crippen LogP contribution in [0.2, 0.25) is 0 Å². The maximum atomic E-state index is 14.6. The van der Waals surface area contributed by atoms with Gasteiger partial charge in [-0.3, -0.25) is 9.78 Å². The molecule has 1 aliphatic carbocycles. The summed E-state index contributed by atoms with van der Waals surface area (Å²) in [6.45, 7) is 14.4. The average Bonchev–Trinajstić information content (AvgIpc) is 3.87. The topological polar surface area (TPSA) is 76.5 Å². The van der Waals surface area contributed by atoms with E-state index in [9.17, 15) is 23.1 Å². The quantitative estimate of drug-likeness (QED) is 0.0885. The molecule has 1 N–H and O–H groups in total. The minimum absolute atomic E-state index is 0. The van der Waals surface area contributed by atoms with Crippen LogP contribution in [0.15, 0.2) is 142 Å². The number of rotatable bonds is 9. The molecule has 5 nitrogen and oxygen atoms in total. The molecule has 1 radical (unpaired) electrons. The summed E-state index contributed by atoms with van der Waals surface area (Å²) in [5.74, 6) is 1.20. The number of furan rings is 2. The molecule has 0 amide bonds. The van der Waals surface area contributed by atoms with Gasteiger partial charge in [-0.05, 0) is 58.9 Å². The van der Waals surface area contributed by atoms with E-state index in [4.69, 9.17) is 8.83 Å². The molecular weight excluding hydrogens is 1010 g/mol. The molecule has 0 spiro atoms. The summed E-state index contributed by atoms with van der Waals surface area (Å²) in [6.07, 6.45) is 1.12. The van der Waals surface area contributed by atoms with Crippen molar-refractivity contribution in [2.24, 2.45) is 11.8 Å². The Bertz CT molecular complexity index is 3060. The van der Waals surface area contributed by atoms with Gasteiger partial charge in [-0.25, -0.2) is 0 Å². The number of hydrogen-bond donors (Lipinski definition) is 1. The molecule has 0 atom stereocenters. The summed E-state index contributed by atoms with van der Waals surface area (Å²) in [7, 11) is 0. The van der Waals surface area contributed by atoms with Crippen molar-refractivity contribution in [3.8, 4) is 67.3 Å². The molecule has 9 heteroatoms. The zero-order valence-corrected chi connectivity index (χ0v) is 40.6. The number of carbonyl (C=O) groups is 1. The summed E-state index contributed by atoms with van der Waals surface area (Å²) in [6, 6.07) is 40.5. The van der Waals surface area contributed by atoms with Crippen molar-refractivity contribution in [3.63, 3.8) is 0 Å². The van der Waals surface area contributed by atoms with E-state index < -0.39 is 11.7 Å². The van der Waals surface area contributed by atoms with Gasteiger partial charge >= 0.3 is 6.18 Å². The fraction of sp³-hybridized carbons (Fsp3) is 0.263. The predicted octanol–water partition coefficient (Wildman–Crippen LogP) is 16.9. The number of alkyl halides is 3. The molecule has 5 aromatic carbocycles. The summed E-state index contributed by atoms with van der Waals surface area (Å²) >= 11 is 0. The van der Waals surface area contributed by atoms with Crippen LogP contribution < -0.4 is 0 Å². The third kappa shape index (κ3) is 9.21. The number of benzene rings is 5. The molecule has 0 saturated heterocycles. The van der Waals surface area contributed by atoms with Gasteiger partial charge in [-0.2, -0.15) is 13.2 Å². The van der Waals surface area contributed by atoms with Crippen molar-refractivity contribution in [2.45, 2.75) is 85.7 Å². The molecule has 0 bridgehead atoms. The Balaban J connectivity index is 0.000000351. The molecule has 66 heavy (non-hydrogen) atoms. The van der Waals surface area contributed by atoms with Gasteiger partial charge in [0.25, 0.3) is 0 Å². The fourth-order valence-electron chi connectivity index (χ4n) is 9.06. The third-order valence-electron chi connectivity index (χ3n) is 12.7. The van der Waals surface area contributed by atoms with Crippen LogP contribution in [-0.4, -0.2) is 15.9 Å². The normalized spacial score (nSPS) is 12.4. The number of pyridine rings is 1. The Morgan fingerprint density at radius 3 is 1.79 bits per heavy atom. The number of allylic oxidation sites excluding steroid dienone is 2. The molecule has 0 fully saturated rings. The van der Waals surface area contributed by atoms with E-state index in [0.717, 1.165) is 81.6 Å². The maximum absolute atomic E-state index is 14.6. The Kier molecular flexibility index (Phi) is 14.1. The number of aliphatic hydroxyl groups is 1. The standard InChI is InChI=1S/C44H29F3NO2.C13H24O2.Ir/c1-43(2,3)35-21-26(20-25-12-4-5-13-27(25)35)37-22-34(36(24-48-37)44(45,46)47)38-23-39-42(49-38)40-32-18-10-8-16-30(32)28-14-6-7-15-29(28)31-17-9-11-19-33(31)41(40)50-39;1-5-10(6-2)12(14)9-13(15)11(7-3)8-4;/h4-19,21-24H,1-3H3;9-11,14H,5-8H2,1-4H3;/q-1;;/b;12-9-;. The van der Waals surface area contributed by atoms with Crippen molar-refractivity contribution in [1.29, 1.82) is 0 Å². The molecule has 3 heterocycles. The monoisotopic (exact) mass is 1070 g/mol. The Labute approximate surface area is 398 Å².